The second kappa shape index (κ2) is 7.15. The summed E-state index contributed by atoms with van der Waals surface area (Å²) in [6.07, 6.45) is 0. The minimum atomic E-state index is -4.07. The molecule has 2 aromatic rings. The van der Waals surface area contributed by atoms with Gasteiger partial charge in [0.25, 0.3) is 10.0 Å². The molecule has 0 atom stereocenters. The number of nitrogens with one attached hydrogen (secondary N) is 2. The van der Waals surface area contributed by atoms with Gasteiger partial charge in [0.2, 0.25) is 10.0 Å². The van der Waals surface area contributed by atoms with E-state index < -0.39 is 31.4 Å². The fourth-order valence-electron chi connectivity index (χ4n) is 2.05. The summed E-state index contributed by atoms with van der Waals surface area (Å²) in [6, 6.07) is 8.32. The van der Waals surface area contributed by atoms with Gasteiger partial charge in [-0.1, -0.05) is 17.7 Å². The predicted octanol–water partition coefficient (Wildman–Crippen LogP) is 3.36. The monoisotopic (exact) mass is 420 g/mol. The van der Waals surface area contributed by atoms with Crippen LogP contribution in [0.2, 0.25) is 5.02 Å². The Bertz CT molecular complexity index is 1030. The third-order valence-corrected chi connectivity index (χ3v) is 6.46. The number of benzene rings is 2. The Labute approximate surface area is 157 Å². The van der Waals surface area contributed by atoms with Crippen molar-refractivity contribution in [3.63, 3.8) is 0 Å². The molecule has 142 valence electrons. The first-order valence-electron chi connectivity index (χ1n) is 7.42. The molecule has 2 rings (SSSR count). The molecule has 0 saturated heterocycles. The van der Waals surface area contributed by atoms with Gasteiger partial charge < -0.3 is 0 Å². The molecule has 2 aromatic carbocycles. The fourth-order valence-corrected chi connectivity index (χ4v) is 4.83. The van der Waals surface area contributed by atoms with Gasteiger partial charge in [0, 0.05) is 5.54 Å². The van der Waals surface area contributed by atoms with E-state index in [-0.39, 0.29) is 20.5 Å². The van der Waals surface area contributed by atoms with Crippen LogP contribution in [0.15, 0.2) is 52.3 Å². The number of rotatable bonds is 5. The maximum atomic E-state index is 13.2. The van der Waals surface area contributed by atoms with E-state index in [1.54, 1.807) is 20.8 Å². The van der Waals surface area contributed by atoms with E-state index in [9.17, 15) is 21.2 Å². The summed E-state index contributed by atoms with van der Waals surface area (Å²) in [6.45, 7) is 5.07. The van der Waals surface area contributed by atoms with Crippen molar-refractivity contribution in [2.45, 2.75) is 36.1 Å². The van der Waals surface area contributed by atoms with Gasteiger partial charge in [0.05, 0.1) is 20.5 Å². The van der Waals surface area contributed by atoms with Crippen LogP contribution in [0.4, 0.5) is 10.1 Å². The molecule has 0 spiro atoms. The quantitative estimate of drug-likeness (QED) is 0.775. The van der Waals surface area contributed by atoms with Crippen molar-refractivity contribution in [2.75, 3.05) is 4.72 Å². The minimum Gasteiger partial charge on any atom is -0.280 e. The molecule has 0 aliphatic rings. The average molecular weight is 421 g/mol. The van der Waals surface area contributed by atoms with Crippen molar-refractivity contribution in [1.82, 2.24) is 4.72 Å². The van der Waals surface area contributed by atoms with Crippen LogP contribution < -0.4 is 9.44 Å². The third-order valence-electron chi connectivity index (χ3n) is 3.04. The van der Waals surface area contributed by atoms with E-state index in [0.29, 0.717) is 0 Å². The van der Waals surface area contributed by atoms with Crippen LogP contribution in [0, 0.1) is 5.82 Å². The van der Waals surface area contributed by atoms with Gasteiger partial charge in [-0.25, -0.2) is 25.9 Å². The molecule has 10 heteroatoms. The normalized spacial score (nSPS) is 12.8. The number of hydrogen-bond donors (Lipinski definition) is 2. The molecule has 0 aromatic heterocycles. The lowest BCUT2D eigenvalue weighted by atomic mass is 10.1. The Kier molecular flexibility index (Phi) is 5.67. The zero-order valence-corrected chi connectivity index (χ0v) is 16.6. The van der Waals surface area contributed by atoms with Gasteiger partial charge >= 0.3 is 0 Å². The van der Waals surface area contributed by atoms with E-state index in [1.807, 2.05) is 0 Å². The van der Waals surface area contributed by atoms with Crippen LogP contribution in [-0.2, 0) is 20.0 Å². The Morgan fingerprint density at radius 2 is 1.54 bits per heavy atom. The third kappa shape index (κ3) is 5.16. The first-order valence-corrected chi connectivity index (χ1v) is 10.8. The highest BCUT2D eigenvalue weighted by Crippen LogP contribution is 2.23. The molecule has 0 unspecified atom stereocenters. The van der Waals surface area contributed by atoms with Gasteiger partial charge in [-0.3, -0.25) is 4.72 Å². The van der Waals surface area contributed by atoms with Gasteiger partial charge in [-0.15, -0.1) is 0 Å². The molecular formula is C16H18ClFN2O4S2. The molecule has 6 nitrogen and oxygen atoms in total. The van der Waals surface area contributed by atoms with Crippen LogP contribution in [0.5, 0.6) is 0 Å². The summed E-state index contributed by atoms with van der Waals surface area (Å²) in [4.78, 5) is -0.338. The highest BCUT2D eigenvalue weighted by Gasteiger charge is 2.23. The molecule has 0 fully saturated rings. The molecule has 26 heavy (non-hydrogen) atoms. The molecule has 0 aliphatic carbocycles. The first kappa shape index (κ1) is 20.6. The van der Waals surface area contributed by atoms with Crippen LogP contribution in [0.3, 0.4) is 0 Å². The zero-order valence-electron chi connectivity index (χ0n) is 14.2. The molecule has 0 heterocycles. The Hall–Kier alpha value is -1.68. The summed E-state index contributed by atoms with van der Waals surface area (Å²) in [5.41, 5.74) is -0.652. The molecule has 0 aliphatic heterocycles. The van der Waals surface area contributed by atoms with Crippen molar-refractivity contribution in [3.8, 4) is 0 Å². The van der Waals surface area contributed by atoms with Gasteiger partial charge in [-0.05, 0) is 57.2 Å². The average Bonchev–Trinajstić information content (AvgIpc) is 2.47. The van der Waals surface area contributed by atoms with Crippen molar-refractivity contribution < 1.29 is 21.2 Å². The summed E-state index contributed by atoms with van der Waals surface area (Å²) in [5, 5.41) is -0.335. The van der Waals surface area contributed by atoms with Crippen molar-refractivity contribution in [1.29, 1.82) is 0 Å². The highest BCUT2D eigenvalue weighted by molar-refractivity contribution is 7.92. The van der Waals surface area contributed by atoms with Crippen molar-refractivity contribution >= 4 is 37.3 Å². The second-order valence-electron chi connectivity index (χ2n) is 6.56. The van der Waals surface area contributed by atoms with Crippen LogP contribution in [-0.4, -0.2) is 22.4 Å². The van der Waals surface area contributed by atoms with E-state index in [1.165, 1.54) is 24.3 Å². The number of halogens is 2. The first-order chi connectivity index (χ1) is 11.8. The smallest absolute Gasteiger partial charge is 0.261 e. The summed E-state index contributed by atoms with van der Waals surface area (Å²) < 4.78 is 67.5. The van der Waals surface area contributed by atoms with Crippen LogP contribution >= 0.6 is 11.6 Å². The molecule has 0 amide bonds. The SMILES string of the molecule is CC(C)(C)NS(=O)(=O)c1cccc(NS(=O)(=O)c2ccc(F)c(Cl)c2)c1. The van der Waals surface area contributed by atoms with E-state index in [4.69, 9.17) is 11.6 Å². The minimum absolute atomic E-state index is 0.0437. The van der Waals surface area contributed by atoms with Crippen LogP contribution in [0.1, 0.15) is 20.8 Å². The fraction of sp³-hybridized carbons (Fsp3) is 0.250. The molecule has 0 bridgehead atoms. The van der Waals surface area contributed by atoms with Gasteiger partial charge in [0.15, 0.2) is 0 Å². The summed E-state index contributed by atoms with van der Waals surface area (Å²) in [5.74, 6) is -0.744. The van der Waals surface area contributed by atoms with E-state index >= 15 is 0 Å². The predicted molar refractivity (Wildman–Crippen MR) is 98.7 cm³/mol. The summed E-state index contributed by atoms with van der Waals surface area (Å²) >= 11 is 5.61. The van der Waals surface area contributed by atoms with Gasteiger partial charge in [-0.2, -0.15) is 0 Å². The number of sulfonamides is 2. The maximum absolute atomic E-state index is 13.2. The maximum Gasteiger partial charge on any atom is 0.261 e. The van der Waals surface area contributed by atoms with E-state index in [2.05, 4.69) is 9.44 Å². The van der Waals surface area contributed by atoms with Gasteiger partial charge in [0.1, 0.15) is 5.82 Å². The molecular weight excluding hydrogens is 403 g/mol. The summed E-state index contributed by atoms with van der Waals surface area (Å²) in [7, 11) is -7.89. The Balaban J connectivity index is 2.35. The van der Waals surface area contributed by atoms with Crippen LogP contribution in [0.25, 0.3) is 0 Å². The van der Waals surface area contributed by atoms with E-state index in [0.717, 1.165) is 18.2 Å². The molecule has 0 saturated carbocycles. The number of anilines is 1. The van der Waals surface area contributed by atoms with Crippen molar-refractivity contribution in [3.05, 3.63) is 53.3 Å². The standard InChI is InChI=1S/C16H18ClFN2O4S2/c1-16(2,3)20-26(23,24)12-6-4-5-11(9-12)19-25(21,22)13-7-8-15(18)14(17)10-13/h4-10,19-20H,1-3H3. The lowest BCUT2D eigenvalue weighted by Gasteiger charge is -2.20. The highest BCUT2D eigenvalue weighted by atomic mass is 35.5. The Morgan fingerprint density at radius 1 is 0.923 bits per heavy atom. The Morgan fingerprint density at radius 3 is 2.12 bits per heavy atom. The lowest BCUT2D eigenvalue weighted by molar-refractivity contribution is 0.491. The van der Waals surface area contributed by atoms with Crippen molar-refractivity contribution in [2.24, 2.45) is 0 Å². The molecule has 2 N–H and O–H groups in total. The largest absolute Gasteiger partial charge is 0.280 e. The lowest BCUT2D eigenvalue weighted by Crippen LogP contribution is -2.40. The molecule has 0 radical (unpaired) electrons. The second-order valence-corrected chi connectivity index (χ2v) is 10.3. The topological polar surface area (TPSA) is 92.3 Å². The number of hydrogen-bond acceptors (Lipinski definition) is 4. The zero-order chi connectivity index (χ0) is 19.8.